The van der Waals surface area contributed by atoms with Crippen LogP contribution in [0.2, 0.25) is 0 Å². The van der Waals surface area contributed by atoms with Gasteiger partial charge < -0.3 is 14.9 Å². The van der Waals surface area contributed by atoms with E-state index in [1.165, 1.54) is 0 Å². The zero-order valence-electron chi connectivity index (χ0n) is 9.05. The number of carbonyl (C=O) groups is 1. The summed E-state index contributed by atoms with van der Waals surface area (Å²) in [6.45, 7) is 1.88. The maximum Gasteiger partial charge on any atom is 0.385 e. The van der Waals surface area contributed by atoms with Crippen LogP contribution in [-0.2, 0) is 17.6 Å². The number of carbonyl (C=O) groups excluding carboxylic acids is 1. The van der Waals surface area contributed by atoms with Crippen LogP contribution in [0.1, 0.15) is 37.3 Å². The summed E-state index contributed by atoms with van der Waals surface area (Å²) in [4.78, 5) is 25.3. The largest absolute Gasteiger partial charge is 0.385 e. The Morgan fingerprint density at radius 3 is 3.00 bits per heavy atom. The smallest absolute Gasteiger partial charge is 0.358 e. The number of aldehydes is 1. The summed E-state index contributed by atoms with van der Waals surface area (Å²) < 4.78 is 1.74. The molecule has 2 heterocycles. The van der Waals surface area contributed by atoms with Crippen LogP contribution in [0.15, 0.2) is 0 Å². The monoisotopic (exact) mass is 223 g/mol. The fraction of sp³-hybridized carbons (Fsp3) is 0.600. The third kappa shape index (κ3) is 1.50. The van der Waals surface area contributed by atoms with E-state index >= 15 is 0 Å². The fourth-order valence-corrected chi connectivity index (χ4v) is 2.26. The number of aromatic nitrogens is 2. The molecule has 6 heteroatoms. The molecule has 1 aliphatic rings. The first-order chi connectivity index (χ1) is 7.69. The highest BCUT2D eigenvalue weighted by molar-refractivity contribution is 5.57. The maximum atomic E-state index is 11.0. The number of imidazole rings is 1. The van der Waals surface area contributed by atoms with Gasteiger partial charge in [0.05, 0.1) is 6.04 Å². The lowest BCUT2D eigenvalue weighted by Gasteiger charge is -2.20. The fourth-order valence-electron chi connectivity index (χ4n) is 2.26. The van der Waals surface area contributed by atoms with Crippen molar-refractivity contribution in [1.82, 2.24) is 9.55 Å². The summed E-state index contributed by atoms with van der Waals surface area (Å²) in [6.07, 6.45) is 3.64. The van der Waals surface area contributed by atoms with Crippen LogP contribution in [-0.4, -0.2) is 20.8 Å². The van der Waals surface area contributed by atoms with Crippen molar-refractivity contribution in [2.75, 3.05) is 0 Å². The molecule has 2 rings (SSSR count). The second-order valence-corrected chi connectivity index (χ2v) is 3.87. The van der Waals surface area contributed by atoms with Crippen LogP contribution >= 0.6 is 0 Å². The van der Waals surface area contributed by atoms with Crippen LogP contribution in [0.4, 0.5) is 5.82 Å². The van der Waals surface area contributed by atoms with Gasteiger partial charge in [-0.1, -0.05) is 6.92 Å². The molecule has 16 heavy (non-hydrogen) atoms. The lowest BCUT2D eigenvalue weighted by molar-refractivity contribution is -0.390. The van der Waals surface area contributed by atoms with Crippen molar-refractivity contribution < 1.29 is 9.72 Å². The van der Waals surface area contributed by atoms with E-state index in [0.717, 1.165) is 19.1 Å². The molecule has 0 amide bonds. The highest BCUT2D eigenvalue weighted by Gasteiger charge is 2.32. The van der Waals surface area contributed by atoms with E-state index < -0.39 is 4.92 Å². The van der Waals surface area contributed by atoms with Crippen molar-refractivity contribution in [2.45, 2.75) is 38.6 Å². The van der Waals surface area contributed by atoms with E-state index in [9.17, 15) is 14.9 Å². The number of hydrogen-bond acceptors (Lipinski definition) is 4. The SMILES string of the molecule is CCc1nc([N+](=O)[O-])c2n1C(C=O)CCC2. The number of fused-ring (bicyclic) bond motifs is 1. The van der Waals surface area contributed by atoms with Crippen LogP contribution in [0.5, 0.6) is 0 Å². The number of aryl methyl sites for hydroxylation is 1. The lowest BCUT2D eigenvalue weighted by atomic mass is 10.0. The van der Waals surface area contributed by atoms with Crippen LogP contribution in [0.3, 0.4) is 0 Å². The van der Waals surface area contributed by atoms with E-state index in [0.29, 0.717) is 24.4 Å². The molecule has 0 aliphatic carbocycles. The summed E-state index contributed by atoms with van der Waals surface area (Å²) in [5, 5.41) is 10.8. The molecule has 0 saturated carbocycles. The van der Waals surface area contributed by atoms with Gasteiger partial charge in [0.25, 0.3) is 0 Å². The minimum Gasteiger partial charge on any atom is -0.358 e. The molecular formula is C10H13N3O3. The summed E-state index contributed by atoms with van der Waals surface area (Å²) in [6, 6.07) is -0.278. The molecule has 0 bridgehead atoms. The molecule has 0 aromatic carbocycles. The zero-order valence-corrected chi connectivity index (χ0v) is 9.05. The van der Waals surface area contributed by atoms with E-state index in [2.05, 4.69) is 4.98 Å². The van der Waals surface area contributed by atoms with Gasteiger partial charge in [-0.15, -0.1) is 0 Å². The van der Waals surface area contributed by atoms with Crippen LogP contribution in [0, 0.1) is 10.1 Å². The Morgan fingerprint density at radius 1 is 1.69 bits per heavy atom. The molecule has 0 spiro atoms. The van der Waals surface area contributed by atoms with Gasteiger partial charge in [0.2, 0.25) is 5.82 Å². The molecule has 1 unspecified atom stereocenters. The Labute approximate surface area is 92.4 Å². The third-order valence-corrected chi connectivity index (χ3v) is 2.95. The van der Waals surface area contributed by atoms with Crippen molar-refractivity contribution in [1.29, 1.82) is 0 Å². The molecule has 0 N–H and O–H groups in total. The van der Waals surface area contributed by atoms with Gasteiger partial charge in [-0.2, -0.15) is 0 Å². The average molecular weight is 223 g/mol. The predicted octanol–water partition coefficient (Wildman–Crippen LogP) is 1.43. The standard InChI is InChI=1S/C10H13N3O3/c1-2-9-11-10(13(15)16)8-5-3-4-7(6-14)12(8)9/h6-7H,2-5H2,1H3. The van der Waals surface area contributed by atoms with Crippen molar-refractivity contribution in [3.8, 4) is 0 Å². The Hall–Kier alpha value is -1.72. The summed E-state index contributed by atoms with van der Waals surface area (Å²) in [7, 11) is 0. The number of rotatable bonds is 3. The topological polar surface area (TPSA) is 78.0 Å². The van der Waals surface area contributed by atoms with Crippen LogP contribution in [0.25, 0.3) is 0 Å². The van der Waals surface area contributed by atoms with E-state index in [4.69, 9.17) is 0 Å². The van der Waals surface area contributed by atoms with Crippen molar-refractivity contribution >= 4 is 12.1 Å². The Morgan fingerprint density at radius 2 is 2.44 bits per heavy atom. The summed E-state index contributed by atoms with van der Waals surface area (Å²) in [5.41, 5.74) is 0.602. The molecule has 86 valence electrons. The molecule has 0 radical (unpaired) electrons. The van der Waals surface area contributed by atoms with E-state index in [-0.39, 0.29) is 11.9 Å². The molecule has 0 saturated heterocycles. The highest BCUT2D eigenvalue weighted by Crippen LogP contribution is 2.31. The molecular weight excluding hydrogens is 210 g/mol. The zero-order chi connectivity index (χ0) is 11.7. The second kappa shape index (κ2) is 4.03. The molecule has 6 nitrogen and oxygen atoms in total. The number of hydrogen-bond donors (Lipinski definition) is 0. The van der Waals surface area contributed by atoms with Gasteiger partial charge in [0.1, 0.15) is 12.0 Å². The van der Waals surface area contributed by atoms with Gasteiger partial charge in [-0.3, -0.25) is 4.57 Å². The minimum atomic E-state index is -0.460. The number of nitro groups is 1. The molecule has 1 aliphatic heterocycles. The van der Waals surface area contributed by atoms with Gasteiger partial charge in [0, 0.05) is 6.42 Å². The van der Waals surface area contributed by atoms with Crippen molar-refractivity contribution in [3.05, 3.63) is 21.6 Å². The highest BCUT2D eigenvalue weighted by atomic mass is 16.6. The van der Waals surface area contributed by atoms with Crippen LogP contribution < -0.4 is 0 Å². The van der Waals surface area contributed by atoms with Crippen molar-refractivity contribution in [2.24, 2.45) is 0 Å². The lowest BCUT2D eigenvalue weighted by Crippen LogP contribution is -2.20. The Balaban J connectivity index is 2.59. The number of nitrogens with zero attached hydrogens (tertiary/aromatic N) is 3. The second-order valence-electron chi connectivity index (χ2n) is 3.87. The normalized spacial score (nSPS) is 19.2. The quantitative estimate of drug-likeness (QED) is 0.441. The maximum absolute atomic E-state index is 11.0. The van der Waals surface area contributed by atoms with E-state index in [1.807, 2.05) is 6.92 Å². The van der Waals surface area contributed by atoms with Gasteiger partial charge in [0.15, 0.2) is 0 Å². The first kappa shape index (κ1) is 10.8. The first-order valence-electron chi connectivity index (χ1n) is 5.38. The van der Waals surface area contributed by atoms with Gasteiger partial charge in [-0.25, -0.2) is 0 Å². The summed E-state index contributed by atoms with van der Waals surface area (Å²) >= 11 is 0. The third-order valence-electron chi connectivity index (χ3n) is 2.95. The average Bonchev–Trinajstić information content (AvgIpc) is 2.67. The van der Waals surface area contributed by atoms with Gasteiger partial charge in [-0.05, 0) is 29.2 Å². The van der Waals surface area contributed by atoms with Gasteiger partial charge >= 0.3 is 5.82 Å². The molecule has 0 fully saturated rings. The van der Waals surface area contributed by atoms with E-state index in [1.54, 1.807) is 4.57 Å². The predicted molar refractivity (Wildman–Crippen MR) is 56.3 cm³/mol. The Bertz CT molecular complexity index is 439. The summed E-state index contributed by atoms with van der Waals surface area (Å²) in [5.74, 6) is 0.557. The molecule has 1 atom stereocenters. The first-order valence-corrected chi connectivity index (χ1v) is 5.38. The molecule has 1 aromatic rings. The Kier molecular flexibility index (Phi) is 2.72. The molecule has 1 aromatic heterocycles. The minimum absolute atomic E-state index is 0.0802. The van der Waals surface area contributed by atoms with Crippen molar-refractivity contribution in [3.63, 3.8) is 0 Å².